The number of hydrogen-bond donors (Lipinski definition) is 2. The van der Waals surface area contributed by atoms with Crippen LogP contribution in [0, 0.1) is 0 Å². The fourth-order valence-electron chi connectivity index (χ4n) is 3.98. The number of rotatable bonds is 4. The molecule has 5 rings (SSSR count). The summed E-state index contributed by atoms with van der Waals surface area (Å²) >= 11 is 0. The van der Waals surface area contributed by atoms with E-state index in [2.05, 4.69) is 44.5 Å². The fraction of sp³-hybridized carbons (Fsp3) is 0.208. The maximum Gasteiger partial charge on any atom is 0.270 e. The van der Waals surface area contributed by atoms with Crippen molar-refractivity contribution in [1.82, 2.24) is 20.3 Å². The number of benzene rings is 1. The number of carbonyl (C=O) groups excluding carboxylic acids is 1. The van der Waals surface area contributed by atoms with Crippen LogP contribution in [0.15, 0.2) is 66.9 Å². The lowest BCUT2D eigenvalue weighted by atomic mass is 10.1. The summed E-state index contributed by atoms with van der Waals surface area (Å²) < 4.78 is 0. The molecule has 1 aliphatic carbocycles. The van der Waals surface area contributed by atoms with Gasteiger partial charge in [-0.15, -0.1) is 0 Å². The number of pyridine rings is 2. The topological polar surface area (TPSA) is 70.7 Å². The Morgan fingerprint density at radius 1 is 0.966 bits per heavy atom. The number of aromatic amines is 1. The van der Waals surface area contributed by atoms with E-state index in [-0.39, 0.29) is 11.9 Å². The molecule has 0 aliphatic heterocycles. The molecule has 0 saturated heterocycles. The van der Waals surface area contributed by atoms with Crippen LogP contribution in [0.5, 0.6) is 0 Å². The third-order valence-corrected chi connectivity index (χ3v) is 5.52. The molecule has 0 spiro atoms. The molecule has 1 amide bonds. The van der Waals surface area contributed by atoms with Crippen molar-refractivity contribution in [1.29, 1.82) is 0 Å². The van der Waals surface area contributed by atoms with Gasteiger partial charge in [-0.1, -0.05) is 49.2 Å². The molecular formula is C24H22N4O. The highest BCUT2D eigenvalue weighted by Crippen LogP contribution is 2.26. The Balaban J connectivity index is 1.43. The maximum atomic E-state index is 12.6. The summed E-state index contributed by atoms with van der Waals surface area (Å²) in [5, 5.41) is 4.12. The Morgan fingerprint density at radius 2 is 1.79 bits per heavy atom. The highest BCUT2D eigenvalue weighted by molar-refractivity contribution is 5.93. The van der Waals surface area contributed by atoms with Crippen LogP contribution >= 0.6 is 0 Å². The number of carbonyl (C=O) groups is 1. The van der Waals surface area contributed by atoms with Crippen molar-refractivity contribution in [2.24, 2.45) is 0 Å². The quantitative estimate of drug-likeness (QED) is 0.524. The van der Waals surface area contributed by atoms with E-state index in [1.165, 1.54) is 12.8 Å². The summed E-state index contributed by atoms with van der Waals surface area (Å²) in [5.41, 5.74) is 5.09. The number of hydrogen-bond acceptors (Lipinski definition) is 3. The van der Waals surface area contributed by atoms with Gasteiger partial charge in [0.25, 0.3) is 5.91 Å². The Morgan fingerprint density at radius 3 is 2.62 bits per heavy atom. The van der Waals surface area contributed by atoms with Gasteiger partial charge in [-0.25, -0.2) is 9.97 Å². The molecule has 3 heterocycles. The van der Waals surface area contributed by atoms with E-state index in [0.717, 1.165) is 46.4 Å². The van der Waals surface area contributed by atoms with E-state index in [9.17, 15) is 4.79 Å². The zero-order valence-corrected chi connectivity index (χ0v) is 16.1. The van der Waals surface area contributed by atoms with Gasteiger partial charge in [-0.2, -0.15) is 0 Å². The highest BCUT2D eigenvalue weighted by atomic mass is 16.1. The molecule has 0 bridgehead atoms. The minimum Gasteiger partial charge on any atom is -0.348 e. The number of nitrogens with one attached hydrogen (secondary N) is 2. The first-order chi connectivity index (χ1) is 14.3. The largest absolute Gasteiger partial charge is 0.348 e. The normalized spacial score (nSPS) is 14.3. The molecule has 5 nitrogen and oxygen atoms in total. The summed E-state index contributed by atoms with van der Waals surface area (Å²) in [7, 11) is 0. The van der Waals surface area contributed by atoms with Gasteiger partial charge in [0.05, 0.1) is 5.69 Å². The predicted molar refractivity (Wildman–Crippen MR) is 114 cm³/mol. The third-order valence-electron chi connectivity index (χ3n) is 5.52. The zero-order valence-electron chi connectivity index (χ0n) is 16.1. The number of nitrogens with zero attached hydrogens (tertiary/aromatic N) is 2. The van der Waals surface area contributed by atoms with Crippen molar-refractivity contribution in [3.05, 3.63) is 72.6 Å². The number of fused-ring (bicyclic) bond motifs is 1. The van der Waals surface area contributed by atoms with Crippen LogP contribution in [0.3, 0.4) is 0 Å². The van der Waals surface area contributed by atoms with Crippen LogP contribution in [-0.4, -0.2) is 26.9 Å². The minimum absolute atomic E-state index is 0.0965. The van der Waals surface area contributed by atoms with Crippen molar-refractivity contribution >= 4 is 16.9 Å². The Hall–Kier alpha value is -3.47. The van der Waals surface area contributed by atoms with Crippen molar-refractivity contribution in [2.75, 3.05) is 0 Å². The highest BCUT2D eigenvalue weighted by Gasteiger charge is 2.19. The predicted octanol–water partition coefficient (Wildman–Crippen LogP) is 4.96. The van der Waals surface area contributed by atoms with E-state index in [1.54, 1.807) is 12.3 Å². The molecule has 1 saturated carbocycles. The average Bonchev–Trinajstić information content (AvgIpc) is 3.43. The first kappa shape index (κ1) is 17.6. The standard InChI is InChI=1S/C24H22N4O/c29-24(26-19-9-4-5-10-19)21-12-6-11-20(27-21)18-13-17-14-22(28-23(17)25-15-18)16-7-2-1-3-8-16/h1-3,6-8,11-15,19H,4-5,9-10H2,(H,25,28)(H,26,29). The third kappa shape index (κ3) is 3.63. The van der Waals surface area contributed by atoms with Crippen LogP contribution in [0.25, 0.3) is 33.5 Å². The van der Waals surface area contributed by atoms with E-state index < -0.39 is 0 Å². The molecular weight excluding hydrogens is 360 g/mol. The summed E-state index contributed by atoms with van der Waals surface area (Å²) in [6.45, 7) is 0. The van der Waals surface area contributed by atoms with Gasteiger partial charge < -0.3 is 10.3 Å². The molecule has 3 aromatic heterocycles. The van der Waals surface area contributed by atoms with Gasteiger partial charge in [0, 0.05) is 28.9 Å². The summed E-state index contributed by atoms with van der Waals surface area (Å²) in [6.07, 6.45) is 6.29. The van der Waals surface area contributed by atoms with Crippen molar-refractivity contribution in [3.63, 3.8) is 0 Å². The summed E-state index contributed by atoms with van der Waals surface area (Å²) in [6, 6.07) is 20.2. The SMILES string of the molecule is O=C(NC1CCCC1)c1cccc(-c2cnc3[nH]c(-c4ccccc4)cc3c2)n1. The van der Waals surface area contributed by atoms with Crippen LogP contribution in [-0.2, 0) is 0 Å². The molecule has 5 heteroatoms. The fourth-order valence-corrected chi connectivity index (χ4v) is 3.98. The van der Waals surface area contributed by atoms with Crippen LogP contribution in [0.1, 0.15) is 36.2 Å². The lowest BCUT2D eigenvalue weighted by molar-refractivity contribution is 0.0933. The Bertz CT molecular complexity index is 1160. The Kier molecular flexibility index (Phi) is 4.56. The molecule has 1 fully saturated rings. The molecule has 0 radical (unpaired) electrons. The smallest absolute Gasteiger partial charge is 0.270 e. The van der Waals surface area contributed by atoms with Crippen molar-refractivity contribution < 1.29 is 4.79 Å². The lowest BCUT2D eigenvalue weighted by Gasteiger charge is -2.11. The molecule has 0 atom stereocenters. The summed E-state index contributed by atoms with van der Waals surface area (Å²) in [5.74, 6) is -0.0965. The molecule has 144 valence electrons. The van der Waals surface area contributed by atoms with Gasteiger partial charge >= 0.3 is 0 Å². The van der Waals surface area contributed by atoms with Gasteiger partial charge in [0.2, 0.25) is 0 Å². The van der Waals surface area contributed by atoms with E-state index >= 15 is 0 Å². The molecule has 2 N–H and O–H groups in total. The van der Waals surface area contributed by atoms with E-state index in [0.29, 0.717) is 5.69 Å². The first-order valence-electron chi connectivity index (χ1n) is 10.1. The Labute approximate surface area is 169 Å². The summed E-state index contributed by atoms with van der Waals surface area (Å²) in [4.78, 5) is 25.1. The van der Waals surface area contributed by atoms with Gasteiger partial charge in [-0.3, -0.25) is 4.79 Å². The van der Waals surface area contributed by atoms with Gasteiger partial charge in [0.1, 0.15) is 11.3 Å². The second kappa shape index (κ2) is 7.51. The number of aromatic nitrogens is 3. The van der Waals surface area contributed by atoms with Gasteiger partial charge in [0.15, 0.2) is 0 Å². The van der Waals surface area contributed by atoms with E-state index in [1.807, 2.05) is 30.3 Å². The van der Waals surface area contributed by atoms with Crippen molar-refractivity contribution in [2.45, 2.75) is 31.7 Å². The number of H-pyrrole nitrogens is 1. The second-order valence-electron chi connectivity index (χ2n) is 7.57. The van der Waals surface area contributed by atoms with E-state index in [4.69, 9.17) is 0 Å². The number of amides is 1. The average molecular weight is 382 g/mol. The van der Waals surface area contributed by atoms with Crippen molar-refractivity contribution in [3.8, 4) is 22.5 Å². The molecule has 1 aromatic carbocycles. The molecule has 29 heavy (non-hydrogen) atoms. The van der Waals surface area contributed by atoms with Crippen LogP contribution < -0.4 is 5.32 Å². The maximum absolute atomic E-state index is 12.6. The molecule has 4 aromatic rings. The monoisotopic (exact) mass is 382 g/mol. The first-order valence-corrected chi connectivity index (χ1v) is 10.1. The molecule has 0 unspecified atom stereocenters. The molecule has 1 aliphatic rings. The second-order valence-corrected chi connectivity index (χ2v) is 7.57. The minimum atomic E-state index is -0.0965. The van der Waals surface area contributed by atoms with Gasteiger partial charge in [-0.05, 0) is 42.7 Å². The van der Waals surface area contributed by atoms with Crippen LogP contribution in [0.2, 0.25) is 0 Å². The zero-order chi connectivity index (χ0) is 19.6. The van der Waals surface area contributed by atoms with Crippen LogP contribution in [0.4, 0.5) is 0 Å². The lowest BCUT2D eigenvalue weighted by Crippen LogP contribution is -2.33.